The molecule has 2 aromatic carbocycles. The van der Waals surface area contributed by atoms with Gasteiger partial charge in [0.15, 0.2) is 5.82 Å². The smallest absolute Gasteiger partial charge is 0.229 e. The Morgan fingerprint density at radius 2 is 1.39 bits per heavy atom. The van der Waals surface area contributed by atoms with Crippen LogP contribution in [0.5, 0.6) is 0 Å². The van der Waals surface area contributed by atoms with Gasteiger partial charge in [-0.05, 0) is 23.7 Å². The predicted octanol–water partition coefficient (Wildman–Crippen LogP) is 3.59. The summed E-state index contributed by atoms with van der Waals surface area (Å²) in [5, 5.41) is 8.45. The SMILES string of the molecule is Clc1nnc(-c2ccccc2)n1-c1ccccc1. The van der Waals surface area contributed by atoms with Crippen LogP contribution in [-0.2, 0) is 0 Å². The molecule has 0 amide bonds. The van der Waals surface area contributed by atoms with Gasteiger partial charge < -0.3 is 0 Å². The molecule has 18 heavy (non-hydrogen) atoms. The number of para-hydroxylation sites is 1. The highest BCUT2D eigenvalue weighted by molar-refractivity contribution is 6.28. The molecule has 88 valence electrons. The van der Waals surface area contributed by atoms with E-state index in [0.29, 0.717) is 5.28 Å². The van der Waals surface area contributed by atoms with E-state index >= 15 is 0 Å². The van der Waals surface area contributed by atoms with Crippen molar-refractivity contribution in [3.8, 4) is 17.1 Å². The van der Waals surface area contributed by atoms with Crippen LogP contribution in [0.25, 0.3) is 17.1 Å². The molecule has 0 unspecified atom stereocenters. The molecule has 0 bridgehead atoms. The summed E-state index contributed by atoms with van der Waals surface area (Å²) in [6.45, 7) is 0. The van der Waals surface area contributed by atoms with Gasteiger partial charge in [0.25, 0.3) is 0 Å². The van der Waals surface area contributed by atoms with Gasteiger partial charge in [0.05, 0.1) is 5.69 Å². The van der Waals surface area contributed by atoms with Gasteiger partial charge in [0.2, 0.25) is 5.28 Å². The third kappa shape index (κ3) is 1.89. The maximum atomic E-state index is 6.12. The first-order valence-electron chi connectivity index (χ1n) is 5.58. The lowest BCUT2D eigenvalue weighted by atomic mass is 10.2. The molecule has 0 saturated carbocycles. The Kier molecular flexibility index (Phi) is 2.82. The van der Waals surface area contributed by atoms with Crippen molar-refractivity contribution in [3.63, 3.8) is 0 Å². The maximum Gasteiger partial charge on any atom is 0.229 e. The van der Waals surface area contributed by atoms with Crippen LogP contribution in [0.1, 0.15) is 0 Å². The van der Waals surface area contributed by atoms with Crippen molar-refractivity contribution in [1.82, 2.24) is 14.8 Å². The lowest BCUT2D eigenvalue weighted by Gasteiger charge is -2.07. The van der Waals surface area contributed by atoms with Gasteiger partial charge in [-0.25, -0.2) is 0 Å². The van der Waals surface area contributed by atoms with Gasteiger partial charge in [-0.15, -0.1) is 10.2 Å². The van der Waals surface area contributed by atoms with Gasteiger partial charge in [-0.1, -0.05) is 48.5 Å². The molecule has 3 aromatic rings. The molecule has 0 saturated heterocycles. The van der Waals surface area contributed by atoms with Crippen LogP contribution in [-0.4, -0.2) is 14.8 Å². The predicted molar refractivity (Wildman–Crippen MR) is 71.8 cm³/mol. The van der Waals surface area contributed by atoms with E-state index in [9.17, 15) is 0 Å². The largest absolute Gasteiger partial charge is 0.266 e. The van der Waals surface area contributed by atoms with Crippen molar-refractivity contribution in [2.75, 3.05) is 0 Å². The number of hydrogen-bond donors (Lipinski definition) is 0. The molecule has 4 heteroatoms. The second-order valence-electron chi connectivity index (χ2n) is 3.83. The molecule has 0 aliphatic rings. The third-order valence-electron chi connectivity index (χ3n) is 2.67. The van der Waals surface area contributed by atoms with Crippen LogP contribution in [0.3, 0.4) is 0 Å². The molecule has 0 N–H and O–H groups in total. The Morgan fingerprint density at radius 1 is 0.778 bits per heavy atom. The van der Waals surface area contributed by atoms with Crippen LogP contribution >= 0.6 is 11.6 Å². The van der Waals surface area contributed by atoms with E-state index in [4.69, 9.17) is 11.6 Å². The van der Waals surface area contributed by atoms with E-state index in [1.807, 2.05) is 65.2 Å². The van der Waals surface area contributed by atoms with Crippen LogP contribution in [0.2, 0.25) is 5.28 Å². The second kappa shape index (κ2) is 4.63. The zero-order valence-corrected chi connectivity index (χ0v) is 10.2. The first kappa shape index (κ1) is 11.0. The molecule has 1 aromatic heterocycles. The first-order chi connectivity index (χ1) is 8.86. The summed E-state index contributed by atoms with van der Waals surface area (Å²) in [7, 11) is 0. The van der Waals surface area contributed by atoms with Gasteiger partial charge in [-0.2, -0.15) is 0 Å². The Labute approximate surface area is 110 Å². The fourth-order valence-corrected chi connectivity index (χ4v) is 2.06. The Balaban J connectivity index is 2.19. The highest BCUT2D eigenvalue weighted by Crippen LogP contribution is 2.24. The summed E-state index contributed by atoms with van der Waals surface area (Å²) >= 11 is 6.12. The number of rotatable bonds is 2. The van der Waals surface area contributed by atoms with E-state index in [1.54, 1.807) is 0 Å². The Hall–Kier alpha value is -2.13. The molecule has 0 spiro atoms. The molecular weight excluding hydrogens is 246 g/mol. The van der Waals surface area contributed by atoms with Gasteiger partial charge in [-0.3, -0.25) is 4.57 Å². The molecule has 0 aliphatic carbocycles. The average molecular weight is 256 g/mol. The van der Waals surface area contributed by atoms with Gasteiger partial charge >= 0.3 is 0 Å². The normalized spacial score (nSPS) is 10.5. The van der Waals surface area contributed by atoms with E-state index < -0.39 is 0 Å². The molecule has 0 atom stereocenters. The summed E-state index contributed by atoms with van der Waals surface area (Å²) in [5.74, 6) is 0.742. The summed E-state index contributed by atoms with van der Waals surface area (Å²) in [4.78, 5) is 0. The van der Waals surface area contributed by atoms with Gasteiger partial charge in [0.1, 0.15) is 0 Å². The highest BCUT2D eigenvalue weighted by Gasteiger charge is 2.13. The molecule has 0 aliphatic heterocycles. The number of nitrogens with zero attached hydrogens (tertiary/aromatic N) is 3. The summed E-state index contributed by atoms with van der Waals surface area (Å²) in [6, 6.07) is 19.7. The quantitative estimate of drug-likeness (QED) is 0.701. The van der Waals surface area contributed by atoms with Crippen LogP contribution < -0.4 is 0 Å². The topological polar surface area (TPSA) is 30.7 Å². The van der Waals surface area contributed by atoms with Crippen molar-refractivity contribution in [2.45, 2.75) is 0 Å². The van der Waals surface area contributed by atoms with E-state index in [-0.39, 0.29) is 0 Å². The number of benzene rings is 2. The standard InChI is InChI=1S/C14H10ClN3/c15-14-17-16-13(11-7-3-1-4-8-11)18(14)12-9-5-2-6-10-12/h1-10H. The third-order valence-corrected chi connectivity index (χ3v) is 2.91. The molecule has 3 rings (SSSR count). The monoisotopic (exact) mass is 255 g/mol. The zero-order chi connectivity index (χ0) is 12.4. The lowest BCUT2D eigenvalue weighted by Crippen LogP contribution is -1.97. The fraction of sp³-hybridized carbons (Fsp3) is 0. The number of aromatic nitrogens is 3. The van der Waals surface area contributed by atoms with Crippen LogP contribution in [0.15, 0.2) is 60.7 Å². The molecule has 0 fully saturated rings. The minimum absolute atomic E-state index is 0.361. The molecule has 0 radical (unpaired) electrons. The maximum absolute atomic E-state index is 6.12. The Bertz CT molecular complexity index is 647. The minimum Gasteiger partial charge on any atom is -0.266 e. The minimum atomic E-state index is 0.361. The zero-order valence-electron chi connectivity index (χ0n) is 9.49. The van der Waals surface area contributed by atoms with Crippen molar-refractivity contribution in [1.29, 1.82) is 0 Å². The molecular formula is C14H10ClN3. The lowest BCUT2D eigenvalue weighted by molar-refractivity contribution is 1.06. The summed E-state index contributed by atoms with van der Waals surface area (Å²) in [6.07, 6.45) is 0. The van der Waals surface area contributed by atoms with E-state index in [2.05, 4.69) is 10.2 Å². The van der Waals surface area contributed by atoms with Crippen molar-refractivity contribution in [2.24, 2.45) is 0 Å². The number of halogens is 1. The Morgan fingerprint density at radius 3 is 2.06 bits per heavy atom. The summed E-state index contributed by atoms with van der Waals surface area (Å²) < 4.78 is 1.83. The first-order valence-corrected chi connectivity index (χ1v) is 5.96. The van der Waals surface area contributed by atoms with Crippen LogP contribution in [0.4, 0.5) is 0 Å². The molecule has 3 nitrogen and oxygen atoms in total. The average Bonchev–Trinajstić information content (AvgIpc) is 2.83. The van der Waals surface area contributed by atoms with Crippen molar-refractivity contribution >= 4 is 11.6 Å². The summed E-state index contributed by atoms with van der Waals surface area (Å²) in [5.41, 5.74) is 1.94. The van der Waals surface area contributed by atoms with Crippen molar-refractivity contribution in [3.05, 3.63) is 65.9 Å². The van der Waals surface area contributed by atoms with E-state index in [0.717, 1.165) is 17.1 Å². The second-order valence-corrected chi connectivity index (χ2v) is 4.17. The van der Waals surface area contributed by atoms with E-state index in [1.165, 1.54) is 0 Å². The fourth-order valence-electron chi connectivity index (χ4n) is 1.85. The number of hydrogen-bond acceptors (Lipinski definition) is 2. The molecule has 1 heterocycles. The van der Waals surface area contributed by atoms with Gasteiger partial charge in [0, 0.05) is 5.56 Å². The highest BCUT2D eigenvalue weighted by atomic mass is 35.5. The van der Waals surface area contributed by atoms with Crippen LogP contribution in [0, 0.1) is 0 Å². The van der Waals surface area contributed by atoms with Crippen molar-refractivity contribution < 1.29 is 0 Å².